The van der Waals surface area contributed by atoms with Crippen LogP contribution in [0.15, 0.2) is 4.99 Å². The third-order valence-electron chi connectivity index (χ3n) is 6.49. The van der Waals surface area contributed by atoms with Crippen LogP contribution >= 0.6 is 0 Å². The van der Waals surface area contributed by atoms with E-state index in [2.05, 4.69) is 40.9 Å². The highest BCUT2D eigenvalue weighted by Crippen LogP contribution is 2.16. The monoisotopic (exact) mass is 392 g/mol. The second-order valence-electron chi connectivity index (χ2n) is 8.70. The van der Waals surface area contributed by atoms with Crippen molar-refractivity contribution < 1.29 is 4.79 Å². The van der Waals surface area contributed by atoms with Crippen LogP contribution in [-0.2, 0) is 4.79 Å². The van der Waals surface area contributed by atoms with Crippen molar-refractivity contribution in [3.8, 4) is 0 Å². The van der Waals surface area contributed by atoms with Crippen LogP contribution in [0.1, 0.15) is 39.5 Å². The van der Waals surface area contributed by atoms with Gasteiger partial charge in [0.15, 0.2) is 5.96 Å². The molecule has 0 bridgehead atoms. The molecule has 7 heteroatoms. The van der Waals surface area contributed by atoms with Crippen LogP contribution in [0.5, 0.6) is 0 Å². The molecule has 2 atom stereocenters. The fourth-order valence-corrected chi connectivity index (χ4v) is 4.74. The number of piperazine rings is 1. The number of rotatable bonds is 5. The summed E-state index contributed by atoms with van der Waals surface area (Å²) < 4.78 is 0. The number of hydrogen-bond donors (Lipinski definition) is 1. The number of guanidine groups is 1. The van der Waals surface area contributed by atoms with Gasteiger partial charge in [0, 0.05) is 58.9 Å². The quantitative estimate of drug-likeness (QED) is 0.557. The minimum atomic E-state index is -0.00227. The predicted molar refractivity (Wildman–Crippen MR) is 115 cm³/mol. The van der Waals surface area contributed by atoms with Gasteiger partial charge >= 0.3 is 0 Å². The molecule has 0 aromatic heterocycles. The Morgan fingerprint density at radius 2 is 1.75 bits per heavy atom. The highest BCUT2D eigenvalue weighted by molar-refractivity contribution is 5.82. The van der Waals surface area contributed by atoms with Crippen LogP contribution in [0.3, 0.4) is 0 Å². The average Bonchev–Trinajstić information content (AvgIpc) is 3.25. The van der Waals surface area contributed by atoms with Gasteiger partial charge in [0.1, 0.15) is 0 Å². The Balaban J connectivity index is 1.50. The van der Waals surface area contributed by atoms with Gasteiger partial charge in [-0.1, -0.05) is 0 Å². The van der Waals surface area contributed by atoms with Crippen molar-refractivity contribution in [2.75, 3.05) is 72.5 Å². The Morgan fingerprint density at radius 1 is 1.04 bits per heavy atom. The van der Waals surface area contributed by atoms with Gasteiger partial charge in [0.05, 0.1) is 6.04 Å². The maximum atomic E-state index is 12.7. The highest BCUT2D eigenvalue weighted by atomic mass is 16.2. The van der Waals surface area contributed by atoms with Gasteiger partial charge in [-0.05, 0) is 59.0 Å². The molecule has 3 rings (SSSR count). The fraction of sp³-hybridized carbons (Fsp3) is 0.905. The number of hydrogen-bond acceptors (Lipinski definition) is 4. The Kier molecular flexibility index (Phi) is 7.97. The maximum Gasteiger partial charge on any atom is 0.239 e. The molecule has 3 fully saturated rings. The normalized spacial score (nSPS) is 26.5. The van der Waals surface area contributed by atoms with Crippen molar-refractivity contribution in [2.24, 2.45) is 10.9 Å². The molecule has 0 aliphatic carbocycles. The van der Waals surface area contributed by atoms with Crippen LogP contribution in [-0.4, -0.2) is 110 Å². The molecule has 3 aliphatic rings. The second-order valence-corrected chi connectivity index (χ2v) is 8.70. The Labute approximate surface area is 171 Å². The Morgan fingerprint density at radius 3 is 2.39 bits per heavy atom. The number of amides is 1. The zero-order valence-electron chi connectivity index (χ0n) is 18.2. The zero-order valence-corrected chi connectivity index (χ0v) is 18.2. The van der Waals surface area contributed by atoms with Gasteiger partial charge < -0.3 is 20.0 Å². The van der Waals surface area contributed by atoms with Crippen LogP contribution in [0, 0.1) is 5.92 Å². The first-order valence-electron chi connectivity index (χ1n) is 11.3. The minimum absolute atomic E-state index is 0.00227. The lowest BCUT2D eigenvalue weighted by atomic mass is 9.99. The first-order valence-corrected chi connectivity index (χ1v) is 11.3. The molecule has 3 saturated heterocycles. The largest absolute Gasteiger partial charge is 0.357 e. The van der Waals surface area contributed by atoms with Crippen molar-refractivity contribution in [3.05, 3.63) is 0 Å². The number of carbonyl (C=O) groups is 1. The standard InChI is InChI=1S/C21H40N6O/c1-4-22-21(23-16-19-8-7-9-24(3)17-19)27-14-12-25(13-15-27)18(2)20(28)26-10-5-6-11-26/h18-19H,4-17H2,1-3H3,(H,22,23). The van der Waals surface area contributed by atoms with E-state index < -0.39 is 0 Å². The van der Waals surface area contributed by atoms with Crippen molar-refractivity contribution in [2.45, 2.75) is 45.6 Å². The van der Waals surface area contributed by atoms with E-state index >= 15 is 0 Å². The summed E-state index contributed by atoms with van der Waals surface area (Å²) in [5.74, 6) is 2.04. The molecule has 7 nitrogen and oxygen atoms in total. The lowest BCUT2D eigenvalue weighted by molar-refractivity contribution is -0.135. The van der Waals surface area contributed by atoms with E-state index in [1.54, 1.807) is 0 Å². The van der Waals surface area contributed by atoms with Gasteiger partial charge in [-0.25, -0.2) is 0 Å². The highest BCUT2D eigenvalue weighted by Gasteiger charge is 2.30. The van der Waals surface area contributed by atoms with E-state index in [0.29, 0.717) is 11.8 Å². The number of carbonyl (C=O) groups excluding carboxylic acids is 1. The second kappa shape index (κ2) is 10.4. The number of likely N-dealkylation sites (tertiary alicyclic amines) is 2. The lowest BCUT2D eigenvalue weighted by Gasteiger charge is -2.39. The molecule has 0 aromatic rings. The molecule has 0 radical (unpaired) electrons. The van der Waals surface area contributed by atoms with Crippen molar-refractivity contribution in [3.63, 3.8) is 0 Å². The number of nitrogens with one attached hydrogen (secondary N) is 1. The van der Waals surface area contributed by atoms with Crippen molar-refractivity contribution >= 4 is 11.9 Å². The van der Waals surface area contributed by atoms with Crippen molar-refractivity contribution in [1.29, 1.82) is 0 Å². The van der Waals surface area contributed by atoms with E-state index in [-0.39, 0.29) is 6.04 Å². The first kappa shape index (κ1) is 21.4. The molecule has 1 amide bonds. The third kappa shape index (κ3) is 5.60. The molecular formula is C21H40N6O. The summed E-state index contributed by atoms with van der Waals surface area (Å²) in [7, 11) is 2.21. The summed E-state index contributed by atoms with van der Waals surface area (Å²) in [5.41, 5.74) is 0. The molecule has 2 unspecified atom stereocenters. The van der Waals surface area contributed by atoms with E-state index in [4.69, 9.17) is 4.99 Å². The molecule has 160 valence electrons. The smallest absolute Gasteiger partial charge is 0.239 e. The van der Waals surface area contributed by atoms with Gasteiger partial charge in [0.2, 0.25) is 5.91 Å². The molecule has 0 spiro atoms. The lowest BCUT2D eigenvalue weighted by Crippen LogP contribution is -2.57. The number of nitrogens with zero attached hydrogens (tertiary/aromatic N) is 5. The Bertz CT molecular complexity index is 525. The summed E-state index contributed by atoms with van der Waals surface area (Å²) in [5, 5.41) is 3.48. The van der Waals surface area contributed by atoms with Gasteiger partial charge in [-0.2, -0.15) is 0 Å². The summed E-state index contributed by atoms with van der Waals surface area (Å²) >= 11 is 0. The van der Waals surface area contributed by atoms with Gasteiger partial charge in [-0.3, -0.25) is 14.7 Å². The SMILES string of the molecule is CCNC(=NCC1CCCN(C)C1)N1CCN(C(C)C(=O)N2CCCC2)CC1. The maximum absolute atomic E-state index is 12.7. The molecule has 0 aromatic carbocycles. The van der Waals surface area contributed by atoms with Crippen LogP contribution in [0.2, 0.25) is 0 Å². The molecule has 28 heavy (non-hydrogen) atoms. The van der Waals surface area contributed by atoms with E-state index in [0.717, 1.165) is 77.7 Å². The number of piperidine rings is 1. The molecule has 0 saturated carbocycles. The summed E-state index contributed by atoms with van der Waals surface area (Å²) in [6, 6.07) is -0.00227. The zero-order chi connectivity index (χ0) is 19.9. The van der Waals surface area contributed by atoms with Gasteiger partial charge in [0.25, 0.3) is 0 Å². The minimum Gasteiger partial charge on any atom is -0.357 e. The average molecular weight is 393 g/mol. The summed E-state index contributed by atoms with van der Waals surface area (Å²) in [6.45, 7) is 14.0. The summed E-state index contributed by atoms with van der Waals surface area (Å²) in [6.07, 6.45) is 4.89. The fourth-order valence-electron chi connectivity index (χ4n) is 4.74. The third-order valence-corrected chi connectivity index (χ3v) is 6.49. The molecule has 3 heterocycles. The molecule has 1 N–H and O–H groups in total. The molecule has 3 aliphatic heterocycles. The van der Waals surface area contributed by atoms with E-state index in [1.807, 2.05) is 4.90 Å². The van der Waals surface area contributed by atoms with Crippen LogP contribution in [0.25, 0.3) is 0 Å². The summed E-state index contributed by atoms with van der Waals surface area (Å²) in [4.78, 5) is 26.9. The van der Waals surface area contributed by atoms with Crippen molar-refractivity contribution in [1.82, 2.24) is 24.9 Å². The topological polar surface area (TPSA) is 54.4 Å². The Hall–Kier alpha value is -1.34. The predicted octanol–water partition coefficient (Wildman–Crippen LogP) is 0.922. The van der Waals surface area contributed by atoms with Crippen LogP contribution in [0.4, 0.5) is 0 Å². The molecular weight excluding hydrogens is 352 g/mol. The first-order chi connectivity index (χ1) is 13.6. The van der Waals surface area contributed by atoms with Crippen LogP contribution < -0.4 is 5.32 Å². The number of aliphatic imine (C=N–C) groups is 1. The van der Waals surface area contributed by atoms with Gasteiger partial charge in [-0.15, -0.1) is 0 Å². The van der Waals surface area contributed by atoms with E-state index in [9.17, 15) is 4.79 Å². The van der Waals surface area contributed by atoms with E-state index in [1.165, 1.54) is 19.4 Å².